The summed E-state index contributed by atoms with van der Waals surface area (Å²) < 4.78 is 0. The second-order valence-corrected chi connectivity index (χ2v) is 3.99. The van der Waals surface area contributed by atoms with E-state index in [1.54, 1.807) is 0 Å². The molecule has 0 aromatic heterocycles. The Kier molecular flexibility index (Phi) is 3.50. The van der Waals surface area contributed by atoms with E-state index in [0.29, 0.717) is 5.92 Å². The summed E-state index contributed by atoms with van der Waals surface area (Å²) in [6.45, 7) is 0.757. The minimum absolute atomic E-state index is 0.409. The van der Waals surface area contributed by atoms with E-state index < -0.39 is 5.66 Å². The maximum atomic E-state index is 6.00. The molecule has 1 aliphatic rings. The molecular weight excluding hydrogens is 150 g/mol. The van der Waals surface area contributed by atoms with Gasteiger partial charge in [-0.1, -0.05) is 12.8 Å². The fraction of sp³-hybridized carbons (Fsp3) is 1.00. The van der Waals surface area contributed by atoms with Crippen molar-refractivity contribution in [1.82, 2.24) is 0 Å². The number of nitrogens with two attached hydrogens (primary N) is 3. The van der Waals surface area contributed by atoms with Gasteiger partial charge in [0.05, 0.1) is 5.66 Å². The highest BCUT2D eigenvalue weighted by Gasteiger charge is 2.32. The predicted molar refractivity (Wildman–Crippen MR) is 51.4 cm³/mol. The first-order chi connectivity index (χ1) is 5.67. The topological polar surface area (TPSA) is 78.1 Å². The third kappa shape index (κ3) is 2.44. The van der Waals surface area contributed by atoms with Gasteiger partial charge >= 0.3 is 0 Å². The molecule has 1 aliphatic carbocycles. The average Bonchev–Trinajstić information content (AvgIpc) is 2.02. The van der Waals surface area contributed by atoms with Gasteiger partial charge in [-0.2, -0.15) is 0 Å². The van der Waals surface area contributed by atoms with Gasteiger partial charge in [-0.25, -0.2) is 0 Å². The number of hydrogen-bond donors (Lipinski definition) is 3. The lowest BCUT2D eigenvalue weighted by molar-refractivity contribution is 0.182. The highest BCUT2D eigenvalue weighted by atomic mass is 15.0. The molecule has 1 atom stereocenters. The Morgan fingerprint density at radius 1 is 1.25 bits per heavy atom. The molecule has 1 fully saturated rings. The van der Waals surface area contributed by atoms with Crippen LogP contribution in [0.1, 0.15) is 38.5 Å². The summed E-state index contributed by atoms with van der Waals surface area (Å²) in [5.74, 6) is 0.495. The molecule has 6 N–H and O–H groups in total. The number of hydrogen-bond acceptors (Lipinski definition) is 3. The highest BCUT2D eigenvalue weighted by molar-refractivity contribution is 4.88. The van der Waals surface area contributed by atoms with Gasteiger partial charge in [0.1, 0.15) is 0 Å². The Hall–Kier alpha value is -0.120. The minimum Gasteiger partial charge on any atom is -0.330 e. The summed E-state index contributed by atoms with van der Waals surface area (Å²) in [7, 11) is 0. The third-order valence-corrected chi connectivity index (χ3v) is 2.93. The van der Waals surface area contributed by atoms with Crippen molar-refractivity contribution >= 4 is 0 Å². The van der Waals surface area contributed by atoms with E-state index in [9.17, 15) is 0 Å². The molecule has 72 valence electrons. The molecule has 0 aliphatic heterocycles. The van der Waals surface area contributed by atoms with Gasteiger partial charge < -0.3 is 17.2 Å². The van der Waals surface area contributed by atoms with Crippen molar-refractivity contribution in [2.75, 3.05) is 6.54 Å². The summed E-state index contributed by atoms with van der Waals surface area (Å²) in [5.41, 5.74) is 17.0. The van der Waals surface area contributed by atoms with E-state index in [2.05, 4.69) is 0 Å². The zero-order chi connectivity index (χ0) is 9.03. The van der Waals surface area contributed by atoms with E-state index in [1.807, 2.05) is 0 Å². The van der Waals surface area contributed by atoms with Gasteiger partial charge in [-0.05, 0) is 38.1 Å². The van der Waals surface area contributed by atoms with Crippen molar-refractivity contribution in [2.24, 2.45) is 23.1 Å². The SMILES string of the molecule is NCCCC1CCCCC1(N)N. The zero-order valence-corrected chi connectivity index (χ0v) is 7.76. The fourth-order valence-corrected chi connectivity index (χ4v) is 2.07. The molecule has 12 heavy (non-hydrogen) atoms. The molecule has 1 saturated carbocycles. The van der Waals surface area contributed by atoms with Crippen LogP contribution in [0.2, 0.25) is 0 Å². The Morgan fingerprint density at radius 3 is 2.58 bits per heavy atom. The van der Waals surface area contributed by atoms with Crippen molar-refractivity contribution in [1.29, 1.82) is 0 Å². The van der Waals surface area contributed by atoms with Crippen molar-refractivity contribution in [2.45, 2.75) is 44.2 Å². The Bertz CT molecular complexity index is 134. The molecular formula is C9H21N3. The normalized spacial score (nSPS) is 28.8. The molecule has 0 saturated heterocycles. The van der Waals surface area contributed by atoms with Crippen LogP contribution in [0, 0.1) is 5.92 Å². The lowest BCUT2D eigenvalue weighted by atomic mass is 9.77. The van der Waals surface area contributed by atoms with Crippen molar-refractivity contribution in [3.8, 4) is 0 Å². The van der Waals surface area contributed by atoms with E-state index >= 15 is 0 Å². The standard InChI is InChI=1S/C9H21N3/c10-7-3-5-8-4-1-2-6-9(8,11)12/h8H,1-7,10-12H2. The third-order valence-electron chi connectivity index (χ3n) is 2.93. The summed E-state index contributed by atoms with van der Waals surface area (Å²) in [6.07, 6.45) is 6.79. The molecule has 0 radical (unpaired) electrons. The van der Waals surface area contributed by atoms with Crippen LogP contribution in [0.4, 0.5) is 0 Å². The van der Waals surface area contributed by atoms with Crippen molar-refractivity contribution in [3.05, 3.63) is 0 Å². The molecule has 0 amide bonds. The smallest absolute Gasteiger partial charge is 0.0665 e. The van der Waals surface area contributed by atoms with Gasteiger partial charge in [-0.3, -0.25) is 0 Å². The molecule has 0 bridgehead atoms. The van der Waals surface area contributed by atoms with E-state index in [-0.39, 0.29) is 0 Å². The molecule has 1 rings (SSSR count). The van der Waals surface area contributed by atoms with Crippen LogP contribution < -0.4 is 17.2 Å². The summed E-state index contributed by atoms with van der Waals surface area (Å²) in [4.78, 5) is 0. The molecule has 3 heteroatoms. The lowest BCUT2D eigenvalue weighted by Crippen LogP contribution is -2.57. The quantitative estimate of drug-likeness (QED) is 0.542. The van der Waals surface area contributed by atoms with Crippen molar-refractivity contribution in [3.63, 3.8) is 0 Å². The van der Waals surface area contributed by atoms with Gasteiger partial charge in [0.2, 0.25) is 0 Å². The Balaban J connectivity index is 2.37. The molecule has 0 heterocycles. The van der Waals surface area contributed by atoms with Gasteiger partial charge in [0.25, 0.3) is 0 Å². The molecule has 0 aromatic carbocycles. The second-order valence-electron chi connectivity index (χ2n) is 3.99. The minimum atomic E-state index is -0.409. The molecule has 1 unspecified atom stereocenters. The van der Waals surface area contributed by atoms with Gasteiger partial charge in [0.15, 0.2) is 0 Å². The first-order valence-electron chi connectivity index (χ1n) is 4.94. The monoisotopic (exact) mass is 171 g/mol. The summed E-state index contributed by atoms with van der Waals surface area (Å²) in [6, 6.07) is 0. The predicted octanol–water partition coefficient (Wildman–Crippen LogP) is 0.529. The largest absolute Gasteiger partial charge is 0.330 e. The van der Waals surface area contributed by atoms with E-state index in [1.165, 1.54) is 19.3 Å². The van der Waals surface area contributed by atoms with Crippen LogP contribution in [0.3, 0.4) is 0 Å². The van der Waals surface area contributed by atoms with Crippen LogP contribution in [0.25, 0.3) is 0 Å². The highest BCUT2D eigenvalue weighted by Crippen LogP contribution is 2.31. The zero-order valence-electron chi connectivity index (χ0n) is 7.76. The van der Waals surface area contributed by atoms with Gasteiger partial charge in [-0.15, -0.1) is 0 Å². The fourth-order valence-electron chi connectivity index (χ4n) is 2.07. The van der Waals surface area contributed by atoms with Crippen LogP contribution in [-0.4, -0.2) is 12.2 Å². The van der Waals surface area contributed by atoms with Gasteiger partial charge in [0, 0.05) is 0 Å². The average molecular weight is 171 g/mol. The van der Waals surface area contributed by atoms with Crippen molar-refractivity contribution < 1.29 is 0 Å². The molecule has 0 aromatic rings. The maximum Gasteiger partial charge on any atom is 0.0665 e. The van der Waals surface area contributed by atoms with E-state index in [4.69, 9.17) is 17.2 Å². The summed E-state index contributed by atoms with van der Waals surface area (Å²) in [5, 5.41) is 0. The van der Waals surface area contributed by atoms with Crippen LogP contribution in [-0.2, 0) is 0 Å². The summed E-state index contributed by atoms with van der Waals surface area (Å²) >= 11 is 0. The Labute approximate surface area is 74.7 Å². The first-order valence-corrected chi connectivity index (χ1v) is 4.94. The van der Waals surface area contributed by atoms with Crippen LogP contribution >= 0.6 is 0 Å². The lowest BCUT2D eigenvalue weighted by Gasteiger charge is -2.38. The second kappa shape index (κ2) is 4.21. The molecule has 3 nitrogen and oxygen atoms in total. The number of rotatable bonds is 3. The Morgan fingerprint density at radius 2 is 2.00 bits per heavy atom. The maximum absolute atomic E-state index is 6.00. The first kappa shape index (κ1) is 9.96. The van der Waals surface area contributed by atoms with E-state index in [0.717, 1.165) is 25.8 Å². The van der Waals surface area contributed by atoms with Crippen LogP contribution in [0.5, 0.6) is 0 Å². The van der Waals surface area contributed by atoms with Crippen LogP contribution in [0.15, 0.2) is 0 Å². The molecule has 0 spiro atoms.